The van der Waals surface area contributed by atoms with Crippen molar-refractivity contribution in [3.8, 4) is 0 Å². The molecule has 3 rings (SSSR count). The average molecular weight is 312 g/mol. The van der Waals surface area contributed by atoms with Crippen molar-refractivity contribution in [3.05, 3.63) is 51.2 Å². The number of aromatic carboxylic acids is 1. The molecule has 1 aliphatic rings. The second kappa shape index (κ2) is 5.57. The number of nitrogens with zero attached hydrogens (tertiary/aromatic N) is 1. The summed E-state index contributed by atoms with van der Waals surface area (Å²) in [6.45, 7) is 2.05. The fourth-order valence-electron chi connectivity index (χ4n) is 2.95. The molecule has 1 aromatic heterocycles. The first-order valence-electron chi connectivity index (χ1n) is 7.21. The zero-order chi connectivity index (χ0) is 16.7. The Balaban J connectivity index is 2.21. The van der Waals surface area contributed by atoms with E-state index < -0.39 is 11.8 Å². The third kappa shape index (κ3) is 2.52. The van der Waals surface area contributed by atoms with Crippen molar-refractivity contribution in [3.63, 3.8) is 0 Å². The molecule has 116 valence electrons. The number of halogens is 1. The predicted molar refractivity (Wildman–Crippen MR) is 85.8 cm³/mol. The third-order valence-electron chi connectivity index (χ3n) is 4.07. The SMILES string of the molecule is [B]c1ccc(Nc2c(C(=O)O)c3n(c(=O)c2C)CCC3)c(F)c1. The standard InChI is InChI=1S/C16H14BFN2O3/c1-8-14(19-11-5-4-9(17)7-10(11)18)13(16(22)23)12-3-2-6-20(12)15(8)21/h4-5,7,19H,2-3,6H2,1H3,(H,22,23). The second-order valence-electron chi connectivity index (χ2n) is 5.55. The first kappa shape index (κ1) is 15.3. The van der Waals surface area contributed by atoms with Crippen molar-refractivity contribution in [2.24, 2.45) is 0 Å². The molecule has 1 aliphatic heterocycles. The summed E-state index contributed by atoms with van der Waals surface area (Å²) in [5, 5.41) is 12.3. The van der Waals surface area contributed by atoms with Crippen LogP contribution in [0.25, 0.3) is 0 Å². The third-order valence-corrected chi connectivity index (χ3v) is 4.07. The molecular formula is C16H14BFN2O3. The highest BCUT2D eigenvalue weighted by molar-refractivity contribution is 6.32. The van der Waals surface area contributed by atoms with E-state index >= 15 is 0 Å². The molecule has 1 aromatic carbocycles. The van der Waals surface area contributed by atoms with Gasteiger partial charge in [0.1, 0.15) is 19.2 Å². The Morgan fingerprint density at radius 3 is 2.83 bits per heavy atom. The van der Waals surface area contributed by atoms with E-state index in [2.05, 4.69) is 5.32 Å². The quantitative estimate of drug-likeness (QED) is 0.842. The number of benzene rings is 1. The van der Waals surface area contributed by atoms with E-state index in [-0.39, 0.29) is 33.5 Å². The fraction of sp³-hybridized carbons (Fsp3) is 0.250. The van der Waals surface area contributed by atoms with Crippen molar-refractivity contribution in [2.75, 3.05) is 5.32 Å². The number of hydrogen-bond donors (Lipinski definition) is 2. The number of carboxylic acid groups (broad SMARTS) is 1. The smallest absolute Gasteiger partial charge is 0.339 e. The monoisotopic (exact) mass is 312 g/mol. The topological polar surface area (TPSA) is 71.3 Å². The molecule has 0 saturated carbocycles. The van der Waals surface area contributed by atoms with Gasteiger partial charge in [-0.15, -0.1) is 0 Å². The van der Waals surface area contributed by atoms with Crippen LogP contribution in [-0.4, -0.2) is 23.5 Å². The van der Waals surface area contributed by atoms with Gasteiger partial charge in [-0.3, -0.25) is 4.79 Å². The van der Waals surface area contributed by atoms with Crippen LogP contribution in [-0.2, 0) is 13.0 Å². The number of fused-ring (bicyclic) bond motifs is 1. The van der Waals surface area contributed by atoms with Gasteiger partial charge in [-0.05, 0) is 31.9 Å². The molecule has 5 nitrogen and oxygen atoms in total. The predicted octanol–water partition coefficient (Wildman–Crippen LogP) is 1.48. The van der Waals surface area contributed by atoms with Gasteiger partial charge in [-0.1, -0.05) is 11.5 Å². The molecular weight excluding hydrogens is 298 g/mol. The molecule has 0 amide bonds. The molecule has 0 atom stereocenters. The summed E-state index contributed by atoms with van der Waals surface area (Å²) in [5.74, 6) is -1.75. The fourth-order valence-corrected chi connectivity index (χ4v) is 2.95. The van der Waals surface area contributed by atoms with E-state index in [1.54, 1.807) is 0 Å². The molecule has 2 radical (unpaired) electrons. The van der Waals surface area contributed by atoms with Crippen LogP contribution in [0.5, 0.6) is 0 Å². The van der Waals surface area contributed by atoms with Gasteiger partial charge < -0.3 is 15.0 Å². The Morgan fingerprint density at radius 2 is 2.17 bits per heavy atom. The number of carboxylic acids is 1. The van der Waals surface area contributed by atoms with Crippen molar-refractivity contribution in [1.29, 1.82) is 0 Å². The van der Waals surface area contributed by atoms with Crippen LogP contribution in [0.15, 0.2) is 23.0 Å². The minimum atomic E-state index is -1.14. The van der Waals surface area contributed by atoms with Crippen LogP contribution in [0.4, 0.5) is 15.8 Å². The number of rotatable bonds is 3. The van der Waals surface area contributed by atoms with E-state index in [0.717, 1.165) is 6.07 Å². The van der Waals surface area contributed by atoms with E-state index in [1.165, 1.54) is 23.6 Å². The molecule has 23 heavy (non-hydrogen) atoms. The molecule has 0 spiro atoms. The Hall–Kier alpha value is -2.57. The summed E-state index contributed by atoms with van der Waals surface area (Å²) in [4.78, 5) is 24.1. The minimum Gasteiger partial charge on any atom is -0.478 e. The van der Waals surface area contributed by atoms with Gasteiger partial charge in [0.25, 0.3) is 5.56 Å². The van der Waals surface area contributed by atoms with Gasteiger partial charge in [-0.25, -0.2) is 9.18 Å². The largest absolute Gasteiger partial charge is 0.478 e. The Kier molecular flexibility index (Phi) is 3.71. The molecule has 0 bridgehead atoms. The van der Waals surface area contributed by atoms with Gasteiger partial charge in [-0.2, -0.15) is 0 Å². The maximum Gasteiger partial charge on any atom is 0.339 e. The normalized spacial score (nSPS) is 13.0. The highest BCUT2D eigenvalue weighted by Crippen LogP contribution is 2.29. The zero-order valence-corrected chi connectivity index (χ0v) is 12.5. The van der Waals surface area contributed by atoms with E-state index in [0.29, 0.717) is 25.1 Å². The summed E-state index contributed by atoms with van der Waals surface area (Å²) in [5.41, 5.74) is 0.983. The van der Waals surface area contributed by atoms with Gasteiger partial charge in [0, 0.05) is 17.8 Å². The molecule has 2 heterocycles. The van der Waals surface area contributed by atoms with Crippen molar-refractivity contribution >= 4 is 30.7 Å². The first-order valence-corrected chi connectivity index (χ1v) is 7.21. The van der Waals surface area contributed by atoms with Crippen molar-refractivity contribution in [2.45, 2.75) is 26.3 Å². The molecule has 2 aromatic rings. The number of anilines is 2. The van der Waals surface area contributed by atoms with Crippen molar-refractivity contribution < 1.29 is 14.3 Å². The van der Waals surface area contributed by atoms with Gasteiger partial charge >= 0.3 is 5.97 Å². The zero-order valence-electron chi connectivity index (χ0n) is 12.5. The maximum absolute atomic E-state index is 14.0. The highest BCUT2D eigenvalue weighted by Gasteiger charge is 2.27. The summed E-state index contributed by atoms with van der Waals surface area (Å²) in [6, 6.07) is 4.06. The lowest BCUT2D eigenvalue weighted by atomic mass is 9.96. The van der Waals surface area contributed by atoms with Crippen LogP contribution in [0.1, 0.15) is 28.0 Å². The van der Waals surface area contributed by atoms with Crippen molar-refractivity contribution in [1.82, 2.24) is 4.57 Å². The van der Waals surface area contributed by atoms with E-state index in [9.17, 15) is 19.1 Å². The summed E-state index contributed by atoms with van der Waals surface area (Å²) < 4.78 is 15.5. The Bertz CT molecular complexity index is 877. The first-order chi connectivity index (χ1) is 10.9. The van der Waals surface area contributed by atoms with Gasteiger partial charge in [0.2, 0.25) is 0 Å². The molecule has 2 N–H and O–H groups in total. The van der Waals surface area contributed by atoms with Crippen LogP contribution >= 0.6 is 0 Å². The summed E-state index contributed by atoms with van der Waals surface area (Å²) in [6.07, 6.45) is 1.23. The maximum atomic E-state index is 14.0. The summed E-state index contributed by atoms with van der Waals surface area (Å²) in [7, 11) is 5.51. The number of aromatic nitrogens is 1. The van der Waals surface area contributed by atoms with E-state index in [1.807, 2.05) is 0 Å². The molecule has 7 heteroatoms. The van der Waals surface area contributed by atoms with Gasteiger partial charge in [0.05, 0.1) is 11.4 Å². The van der Waals surface area contributed by atoms with E-state index in [4.69, 9.17) is 7.85 Å². The lowest BCUT2D eigenvalue weighted by Crippen LogP contribution is -2.26. The van der Waals surface area contributed by atoms with Crippen LogP contribution in [0.3, 0.4) is 0 Å². The lowest BCUT2D eigenvalue weighted by molar-refractivity contribution is 0.0696. The number of pyridine rings is 1. The van der Waals surface area contributed by atoms with Crippen LogP contribution in [0.2, 0.25) is 0 Å². The second-order valence-corrected chi connectivity index (χ2v) is 5.55. The number of hydrogen-bond acceptors (Lipinski definition) is 3. The van der Waals surface area contributed by atoms with Gasteiger partial charge in [0.15, 0.2) is 0 Å². The average Bonchev–Trinajstić information content (AvgIpc) is 2.96. The Morgan fingerprint density at radius 1 is 1.43 bits per heavy atom. The molecule has 0 fully saturated rings. The minimum absolute atomic E-state index is 0.0239. The Labute approximate surface area is 133 Å². The number of carbonyl (C=O) groups is 1. The molecule has 0 aliphatic carbocycles. The summed E-state index contributed by atoms with van der Waals surface area (Å²) >= 11 is 0. The van der Waals surface area contributed by atoms with Crippen LogP contribution in [0, 0.1) is 12.7 Å². The highest BCUT2D eigenvalue weighted by atomic mass is 19.1. The number of nitrogens with one attached hydrogen (secondary N) is 1. The lowest BCUT2D eigenvalue weighted by Gasteiger charge is -2.17. The molecule has 0 saturated heterocycles. The van der Waals surface area contributed by atoms with Crippen LogP contribution < -0.4 is 16.3 Å². The molecule has 0 unspecified atom stereocenters.